The molecule has 4 heterocycles. The molecule has 10 nitrogen and oxygen atoms in total. The topological polar surface area (TPSA) is 131 Å². The molecule has 4 aromatic rings. The van der Waals surface area contributed by atoms with Gasteiger partial charge >= 0.3 is 5.69 Å². The van der Waals surface area contributed by atoms with E-state index in [2.05, 4.69) is 30.2 Å². The predicted molar refractivity (Wildman–Crippen MR) is 114 cm³/mol. The van der Waals surface area contributed by atoms with E-state index >= 15 is 0 Å². The van der Waals surface area contributed by atoms with Gasteiger partial charge in [-0.1, -0.05) is 0 Å². The first-order valence-electron chi connectivity index (χ1n) is 10.4. The van der Waals surface area contributed by atoms with Gasteiger partial charge in [-0.2, -0.15) is 0 Å². The minimum absolute atomic E-state index is 0.00436. The maximum atomic E-state index is 14.1. The van der Waals surface area contributed by atoms with Crippen LogP contribution in [-0.4, -0.2) is 47.3 Å². The molecule has 0 bridgehead atoms. The summed E-state index contributed by atoms with van der Waals surface area (Å²) >= 11 is 0. The number of aromatic amines is 2. The number of hydrogen-bond donors (Lipinski definition) is 2. The molecule has 0 spiro atoms. The molecule has 0 unspecified atom stereocenters. The van der Waals surface area contributed by atoms with Crippen LogP contribution in [0.1, 0.15) is 36.1 Å². The number of alkyl halides is 4. The Bertz CT molecular complexity index is 1520. The maximum absolute atomic E-state index is 14.1. The van der Waals surface area contributed by atoms with E-state index in [1.54, 1.807) is 0 Å². The van der Waals surface area contributed by atoms with Crippen LogP contribution in [0, 0.1) is 0 Å². The van der Waals surface area contributed by atoms with Crippen LogP contribution in [0.5, 0.6) is 5.88 Å². The van der Waals surface area contributed by atoms with Crippen molar-refractivity contribution >= 4 is 11.0 Å². The minimum Gasteiger partial charge on any atom is -0.462 e. The Kier molecular flexibility index (Phi) is 5.37. The molecule has 1 aliphatic rings. The third-order valence-electron chi connectivity index (χ3n) is 5.76. The summed E-state index contributed by atoms with van der Waals surface area (Å²) in [5, 5.41) is 12.2. The van der Waals surface area contributed by atoms with E-state index in [4.69, 9.17) is 4.74 Å². The molecule has 5 rings (SSSR count). The summed E-state index contributed by atoms with van der Waals surface area (Å²) in [5.74, 6) is -3.49. The number of rotatable bonds is 6. The van der Waals surface area contributed by atoms with E-state index in [0.29, 0.717) is 5.69 Å². The summed E-state index contributed by atoms with van der Waals surface area (Å²) in [6.07, 6.45) is -3.11. The fourth-order valence-corrected chi connectivity index (χ4v) is 3.96. The molecule has 2 N–H and O–H groups in total. The second kappa shape index (κ2) is 8.29. The van der Waals surface area contributed by atoms with Gasteiger partial charge in [-0.25, -0.2) is 27.0 Å². The molecule has 0 aromatic carbocycles. The summed E-state index contributed by atoms with van der Waals surface area (Å²) in [6, 6.07) is 4.05. The van der Waals surface area contributed by atoms with Crippen LogP contribution in [0.15, 0.2) is 40.2 Å². The molecule has 4 aromatic heterocycles. The van der Waals surface area contributed by atoms with E-state index < -0.39 is 35.6 Å². The van der Waals surface area contributed by atoms with Crippen molar-refractivity contribution in [2.75, 3.05) is 0 Å². The molecule has 0 radical (unpaired) electrons. The van der Waals surface area contributed by atoms with Gasteiger partial charge in [0.25, 0.3) is 12.0 Å². The van der Waals surface area contributed by atoms with E-state index in [-0.39, 0.29) is 46.6 Å². The van der Waals surface area contributed by atoms with Gasteiger partial charge in [0.15, 0.2) is 11.8 Å². The highest BCUT2D eigenvalue weighted by Crippen LogP contribution is 2.48. The first kappa shape index (κ1) is 22.7. The molecule has 0 amide bonds. The van der Waals surface area contributed by atoms with E-state index in [1.165, 1.54) is 36.1 Å². The van der Waals surface area contributed by atoms with Gasteiger partial charge in [0, 0.05) is 49.5 Å². The monoisotopic (exact) mass is 491 g/mol. The first-order valence-corrected chi connectivity index (χ1v) is 10.4. The van der Waals surface area contributed by atoms with Crippen LogP contribution in [-0.2, 0) is 7.05 Å². The van der Waals surface area contributed by atoms with E-state index in [1.807, 2.05) is 0 Å². The normalized spacial score (nSPS) is 16.4. The highest BCUT2D eigenvalue weighted by molar-refractivity contribution is 5.84. The van der Waals surface area contributed by atoms with Crippen LogP contribution >= 0.6 is 0 Å². The predicted octanol–water partition coefficient (Wildman–Crippen LogP) is 2.70. The quantitative estimate of drug-likeness (QED) is 0.397. The van der Waals surface area contributed by atoms with Gasteiger partial charge in [0.2, 0.25) is 11.8 Å². The molecule has 1 saturated carbocycles. The zero-order chi connectivity index (χ0) is 24.9. The molecule has 14 heteroatoms. The zero-order valence-electron chi connectivity index (χ0n) is 18.0. The molecule has 0 saturated heterocycles. The lowest BCUT2D eigenvalue weighted by Gasteiger charge is -2.34. The van der Waals surface area contributed by atoms with Gasteiger partial charge < -0.3 is 9.72 Å². The number of halogens is 4. The summed E-state index contributed by atoms with van der Waals surface area (Å²) in [7, 11) is 1.51. The molecule has 1 atom stereocenters. The summed E-state index contributed by atoms with van der Waals surface area (Å²) in [4.78, 5) is 31.9. The van der Waals surface area contributed by atoms with Crippen LogP contribution in [0.4, 0.5) is 17.6 Å². The van der Waals surface area contributed by atoms with Gasteiger partial charge in [0.05, 0.1) is 10.9 Å². The van der Waals surface area contributed by atoms with Crippen molar-refractivity contribution in [3.8, 4) is 17.1 Å². The van der Waals surface area contributed by atoms with Crippen molar-refractivity contribution in [1.82, 2.24) is 34.9 Å². The standard InChI is InChI=1S/C21H17F4N7O3/c1-32-17-11(5-14(29-30-17)12-8-27-20(34)28-18(12)33)19(31-32)35-15(16(22)23)9-2-3-26-13(4-9)10-6-21(24,25)7-10/h2-5,8,10,15-16H,6-7H2,1H3,(H2,27,28,33,34)/t15-/m1/s1. The van der Waals surface area contributed by atoms with Crippen molar-refractivity contribution in [3.05, 3.63) is 62.7 Å². The third-order valence-corrected chi connectivity index (χ3v) is 5.76. The Labute approximate surface area is 193 Å². The number of fused-ring (bicyclic) bond motifs is 1. The zero-order valence-corrected chi connectivity index (χ0v) is 18.0. The second-order valence-corrected chi connectivity index (χ2v) is 8.23. The van der Waals surface area contributed by atoms with Gasteiger partial charge in [-0.3, -0.25) is 14.8 Å². The number of H-pyrrole nitrogens is 2. The molecule has 1 fully saturated rings. The van der Waals surface area contributed by atoms with Gasteiger partial charge in [-0.05, 0) is 18.2 Å². The Morgan fingerprint density at radius 2 is 1.97 bits per heavy atom. The second-order valence-electron chi connectivity index (χ2n) is 8.23. The van der Waals surface area contributed by atoms with Crippen molar-refractivity contribution < 1.29 is 22.3 Å². The highest BCUT2D eigenvalue weighted by Gasteiger charge is 2.46. The Morgan fingerprint density at radius 1 is 1.20 bits per heavy atom. The number of nitrogens with zero attached hydrogens (tertiary/aromatic N) is 5. The number of hydrogen-bond acceptors (Lipinski definition) is 7. The van der Waals surface area contributed by atoms with Gasteiger partial charge in [-0.15, -0.1) is 15.3 Å². The van der Waals surface area contributed by atoms with Crippen molar-refractivity contribution in [2.45, 2.75) is 37.2 Å². The van der Waals surface area contributed by atoms with Crippen LogP contribution < -0.4 is 16.0 Å². The molecular formula is C21H17F4N7O3. The number of nitrogens with one attached hydrogen (secondary N) is 2. The van der Waals surface area contributed by atoms with Crippen molar-refractivity contribution in [2.24, 2.45) is 7.05 Å². The SMILES string of the molecule is Cn1nc(O[C@H](c2ccnc(C3CC(F)(F)C3)c2)C(F)F)c2cc(-c3c[nH]c(=O)[nH]c3=O)nnc21. The Balaban J connectivity index is 1.51. The maximum Gasteiger partial charge on any atom is 0.325 e. The van der Waals surface area contributed by atoms with Crippen LogP contribution in [0.25, 0.3) is 22.3 Å². The summed E-state index contributed by atoms with van der Waals surface area (Å²) < 4.78 is 61.5. The number of aryl methyl sites for hydroxylation is 1. The first-order chi connectivity index (χ1) is 16.6. The fraction of sp³-hybridized carbons (Fsp3) is 0.333. The molecule has 0 aliphatic heterocycles. The van der Waals surface area contributed by atoms with Gasteiger partial charge in [0.1, 0.15) is 5.69 Å². The number of aromatic nitrogens is 7. The Morgan fingerprint density at radius 3 is 2.66 bits per heavy atom. The van der Waals surface area contributed by atoms with E-state index in [9.17, 15) is 27.2 Å². The average Bonchev–Trinajstić information content (AvgIpc) is 3.10. The lowest BCUT2D eigenvalue weighted by molar-refractivity contribution is -0.0876. The average molecular weight is 491 g/mol. The van der Waals surface area contributed by atoms with Crippen molar-refractivity contribution in [1.29, 1.82) is 0 Å². The molecular weight excluding hydrogens is 474 g/mol. The largest absolute Gasteiger partial charge is 0.462 e. The fourth-order valence-electron chi connectivity index (χ4n) is 3.96. The summed E-state index contributed by atoms with van der Waals surface area (Å²) in [5.41, 5.74) is -0.832. The minimum atomic E-state index is -2.98. The third kappa shape index (κ3) is 4.26. The van der Waals surface area contributed by atoms with Crippen molar-refractivity contribution in [3.63, 3.8) is 0 Å². The molecule has 182 valence electrons. The van der Waals surface area contributed by atoms with Crippen LogP contribution in [0.3, 0.4) is 0 Å². The van der Waals surface area contributed by atoms with Crippen LogP contribution in [0.2, 0.25) is 0 Å². The lowest BCUT2D eigenvalue weighted by Crippen LogP contribution is -2.34. The number of ether oxygens (including phenoxy) is 1. The molecule has 35 heavy (non-hydrogen) atoms. The highest BCUT2D eigenvalue weighted by atomic mass is 19.3. The number of pyridine rings is 1. The Hall–Kier alpha value is -4.10. The smallest absolute Gasteiger partial charge is 0.325 e. The molecule has 1 aliphatic carbocycles. The van der Waals surface area contributed by atoms with E-state index in [0.717, 1.165) is 6.20 Å². The lowest BCUT2D eigenvalue weighted by atomic mass is 9.78. The summed E-state index contributed by atoms with van der Waals surface area (Å²) in [6.45, 7) is 0.